The summed E-state index contributed by atoms with van der Waals surface area (Å²) in [5.41, 5.74) is -4.92. The molecule has 0 atom stereocenters. The Hall–Kier alpha value is -1.51. The van der Waals surface area contributed by atoms with E-state index in [1.807, 2.05) is 0 Å². The number of fused-ring (bicyclic) bond motifs is 1. The van der Waals surface area contributed by atoms with Crippen LogP contribution >= 0.6 is 15.9 Å². The molecule has 108 valence electrons. The molecular weight excluding hydrogens is 356 g/mol. The lowest BCUT2D eigenvalue weighted by molar-refractivity contribution is -0.142. The van der Waals surface area contributed by atoms with E-state index in [0.717, 1.165) is 12.1 Å². The van der Waals surface area contributed by atoms with Crippen molar-refractivity contribution in [3.05, 3.63) is 44.2 Å². The molecule has 0 amide bonds. The Bertz CT molecular complexity index is 730. The van der Waals surface area contributed by atoms with Gasteiger partial charge in [-0.25, -0.2) is 0 Å². The number of H-pyrrole nitrogens is 1. The van der Waals surface area contributed by atoms with E-state index in [2.05, 4.69) is 15.9 Å². The number of nitrogens with one attached hydrogen (secondary N) is 1. The molecule has 2 nitrogen and oxygen atoms in total. The van der Waals surface area contributed by atoms with E-state index in [-0.39, 0.29) is 0 Å². The van der Waals surface area contributed by atoms with E-state index in [9.17, 15) is 31.1 Å². The first-order valence-corrected chi connectivity index (χ1v) is 5.81. The number of para-hydroxylation sites is 1. The largest absolute Gasteiger partial charge is 0.432 e. The van der Waals surface area contributed by atoms with E-state index < -0.39 is 44.4 Å². The fourth-order valence-corrected chi connectivity index (χ4v) is 2.26. The second-order valence-electron chi connectivity index (χ2n) is 3.87. The monoisotopic (exact) mass is 359 g/mol. The Balaban J connectivity index is 2.98. The maximum Gasteiger partial charge on any atom is 0.432 e. The molecule has 9 heteroatoms. The molecule has 0 spiro atoms. The number of pyridine rings is 1. The summed E-state index contributed by atoms with van der Waals surface area (Å²) in [6, 6.07) is 2.58. The SMILES string of the molecule is O=c1c(Br)c(C(F)(F)F)[nH]c2c(C(F)(F)F)cccc12. The summed E-state index contributed by atoms with van der Waals surface area (Å²) in [5, 5.41) is -0.473. The first-order chi connectivity index (χ1) is 9.03. The fourth-order valence-electron chi connectivity index (χ4n) is 1.72. The summed E-state index contributed by atoms with van der Waals surface area (Å²) < 4.78 is 75.6. The van der Waals surface area contributed by atoms with Crippen molar-refractivity contribution in [2.45, 2.75) is 12.4 Å². The van der Waals surface area contributed by atoms with Crippen LogP contribution in [0.15, 0.2) is 27.5 Å². The van der Waals surface area contributed by atoms with E-state index in [1.54, 1.807) is 4.98 Å². The highest BCUT2D eigenvalue weighted by atomic mass is 79.9. The van der Waals surface area contributed by atoms with Gasteiger partial charge >= 0.3 is 12.4 Å². The quantitative estimate of drug-likeness (QED) is 0.698. The highest BCUT2D eigenvalue weighted by molar-refractivity contribution is 9.10. The summed E-state index contributed by atoms with van der Waals surface area (Å²) in [4.78, 5) is 13.4. The average Bonchev–Trinajstić information content (AvgIpc) is 2.30. The van der Waals surface area contributed by atoms with Crippen molar-refractivity contribution in [2.24, 2.45) is 0 Å². The van der Waals surface area contributed by atoms with Gasteiger partial charge in [-0.3, -0.25) is 4.79 Å². The van der Waals surface area contributed by atoms with Crippen molar-refractivity contribution in [2.75, 3.05) is 0 Å². The molecule has 1 aromatic carbocycles. The lowest BCUT2D eigenvalue weighted by Gasteiger charge is -2.14. The normalized spacial score (nSPS) is 12.9. The van der Waals surface area contributed by atoms with Gasteiger partial charge < -0.3 is 4.98 Å². The summed E-state index contributed by atoms with van der Waals surface area (Å²) in [6.07, 6.45) is -9.86. The third-order valence-corrected chi connectivity index (χ3v) is 3.32. The molecule has 0 aliphatic heterocycles. The molecule has 0 fully saturated rings. The zero-order valence-electron chi connectivity index (χ0n) is 9.29. The van der Waals surface area contributed by atoms with Crippen LogP contribution < -0.4 is 5.43 Å². The van der Waals surface area contributed by atoms with Crippen molar-refractivity contribution in [1.82, 2.24) is 4.98 Å². The van der Waals surface area contributed by atoms with Crippen LogP contribution in [0.2, 0.25) is 0 Å². The number of aromatic nitrogens is 1. The lowest BCUT2D eigenvalue weighted by atomic mass is 10.1. The van der Waals surface area contributed by atoms with Gasteiger partial charge in [-0.1, -0.05) is 6.07 Å². The van der Waals surface area contributed by atoms with Crippen LogP contribution in [0.25, 0.3) is 10.9 Å². The molecule has 0 aliphatic rings. The molecule has 1 N–H and O–H groups in total. The highest BCUT2D eigenvalue weighted by Gasteiger charge is 2.38. The molecule has 0 radical (unpaired) electrons. The van der Waals surface area contributed by atoms with Gasteiger partial charge in [0, 0.05) is 5.39 Å². The number of rotatable bonds is 0. The molecule has 0 bridgehead atoms. The fraction of sp³-hybridized carbons (Fsp3) is 0.182. The van der Waals surface area contributed by atoms with Gasteiger partial charge in [0.1, 0.15) is 5.69 Å². The summed E-state index contributed by atoms with van der Waals surface area (Å²) >= 11 is 2.47. The van der Waals surface area contributed by atoms with E-state index in [1.165, 1.54) is 0 Å². The minimum Gasteiger partial charge on any atom is -0.349 e. The van der Waals surface area contributed by atoms with Gasteiger partial charge in [-0.05, 0) is 28.1 Å². The molecule has 20 heavy (non-hydrogen) atoms. The molecule has 1 heterocycles. The van der Waals surface area contributed by atoms with Crippen molar-refractivity contribution in [3.8, 4) is 0 Å². The molecule has 0 aliphatic carbocycles. The zero-order chi connectivity index (χ0) is 15.3. The van der Waals surface area contributed by atoms with Crippen LogP contribution in [-0.2, 0) is 12.4 Å². The smallest absolute Gasteiger partial charge is 0.349 e. The Morgan fingerprint density at radius 3 is 2.10 bits per heavy atom. The standard InChI is InChI=1S/C11H4BrF6NO/c12-6-8(20)4-2-1-3-5(10(13,14)15)7(4)19-9(6)11(16,17)18/h1-3H,(H,19,20). The number of halogens is 7. The molecule has 0 saturated carbocycles. The molecular formula is C11H4BrF6NO. The molecule has 2 aromatic rings. The van der Waals surface area contributed by atoms with E-state index in [4.69, 9.17) is 0 Å². The van der Waals surface area contributed by atoms with E-state index in [0.29, 0.717) is 6.07 Å². The van der Waals surface area contributed by atoms with Gasteiger partial charge in [0.2, 0.25) is 5.43 Å². The van der Waals surface area contributed by atoms with Crippen LogP contribution in [0, 0.1) is 0 Å². The Kier molecular flexibility index (Phi) is 3.35. The van der Waals surface area contributed by atoms with Crippen molar-refractivity contribution in [3.63, 3.8) is 0 Å². The highest BCUT2D eigenvalue weighted by Crippen LogP contribution is 2.37. The predicted molar refractivity (Wildman–Crippen MR) is 62.3 cm³/mol. The Labute approximate surface area is 115 Å². The summed E-state index contributed by atoms with van der Waals surface area (Å²) in [5.74, 6) is 0. The third kappa shape index (κ3) is 2.41. The molecule has 2 rings (SSSR count). The van der Waals surface area contributed by atoms with Gasteiger partial charge in [0.25, 0.3) is 0 Å². The maximum absolute atomic E-state index is 12.8. The molecule has 0 unspecified atom stereocenters. The van der Waals surface area contributed by atoms with Crippen LogP contribution in [0.3, 0.4) is 0 Å². The predicted octanol–water partition coefficient (Wildman–Crippen LogP) is 4.33. The second kappa shape index (κ2) is 4.51. The number of benzene rings is 1. The van der Waals surface area contributed by atoms with Crippen molar-refractivity contribution in [1.29, 1.82) is 0 Å². The van der Waals surface area contributed by atoms with Crippen LogP contribution in [-0.4, -0.2) is 4.98 Å². The van der Waals surface area contributed by atoms with Gasteiger partial charge in [-0.15, -0.1) is 0 Å². The van der Waals surface area contributed by atoms with Crippen molar-refractivity contribution < 1.29 is 26.3 Å². The number of alkyl halides is 6. The van der Waals surface area contributed by atoms with Crippen LogP contribution in [0.5, 0.6) is 0 Å². The third-order valence-electron chi connectivity index (χ3n) is 2.57. The Morgan fingerprint density at radius 1 is 1.00 bits per heavy atom. The number of hydrogen-bond acceptors (Lipinski definition) is 1. The van der Waals surface area contributed by atoms with Crippen LogP contribution in [0.1, 0.15) is 11.3 Å². The zero-order valence-corrected chi connectivity index (χ0v) is 10.9. The summed E-state index contributed by atoms with van der Waals surface area (Å²) in [6.45, 7) is 0. The van der Waals surface area contributed by atoms with Gasteiger partial charge in [-0.2, -0.15) is 26.3 Å². The molecule has 1 aromatic heterocycles. The van der Waals surface area contributed by atoms with Gasteiger partial charge in [0.05, 0.1) is 15.6 Å². The van der Waals surface area contributed by atoms with Crippen molar-refractivity contribution >= 4 is 26.8 Å². The number of aromatic amines is 1. The molecule has 0 saturated heterocycles. The maximum atomic E-state index is 12.8. The topological polar surface area (TPSA) is 32.9 Å². The average molecular weight is 360 g/mol. The Morgan fingerprint density at radius 2 is 1.60 bits per heavy atom. The first kappa shape index (κ1) is 14.9. The van der Waals surface area contributed by atoms with Crippen LogP contribution in [0.4, 0.5) is 26.3 Å². The lowest BCUT2D eigenvalue weighted by Crippen LogP contribution is -2.18. The first-order valence-electron chi connectivity index (χ1n) is 5.02. The minimum atomic E-state index is -4.98. The van der Waals surface area contributed by atoms with E-state index >= 15 is 0 Å². The second-order valence-corrected chi connectivity index (χ2v) is 4.66. The van der Waals surface area contributed by atoms with Gasteiger partial charge in [0.15, 0.2) is 0 Å². The minimum absolute atomic E-state index is 0.473. The summed E-state index contributed by atoms with van der Waals surface area (Å²) in [7, 11) is 0. The number of hydrogen-bond donors (Lipinski definition) is 1.